The van der Waals surface area contributed by atoms with Crippen LogP contribution in [-0.4, -0.2) is 40.4 Å². The summed E-state index contributed by atoms with van der Waals surface area (Å²) in [6, 6.07) is 8.31. The zero-order valence-corrected chi connectivity index (χ0v) is 12.9. The molecule has 1 aromatic rings. The second-order valence-corrected chi connectivity index (χ2v) is 5.56. The Morgan fingerprint density at radius 1 is 1.48 bits per heavy atom. The van der Waals surface area contributed by atoms with E-state index in [9.17, 15) is 10.2 Å². The molecule has 23 heavy (non-hydrogen) atoms. The van der Waals surface area contributed by atoms with Gasteiger partial charge < -0.3 is 19.7 Å². The predicted octanol–water partition coefficient (Wildman–Crippen LogP) is 2.29. The molecular formula is C16H21N3O4. The molecule has 0 saturated carbocycles. The molecule has 1 aliphatic heterocycles. The highest BCUT2D eigenvalue weighted by Crippen LogP contribution is 2.34. The van der Waals surface area contributed by atoms with Crippen LogP contribution in [0.15, 0.2) is 48.1 Å². The molecule has 0 aromatic heterocycles. The van der Waals surface area contributed by atoms with Crippen LogP contribution in [0.2, 0.25) is 0 Å². The normalized spacial score (nSPS) is 33.7. The lowest BCUT2D eigenvalue weighted by molar-refractivity contribution is -0.310. The van der Waals surface area contributed by atoms with E-state index in [0.29, 0.717) is 0 Å². The van der Waals surface area contributed by atoms with Crippen molar-refractivity contribution in [3.05, 3.63) is 59.0 Å². The van der Waals surface area contributed by atoms with Gasteiger partial charge in [0.05, 0.1) is 18.8 Å². The lowest BCUT2D eigenvalue weighted by atomic mass is 9.89. The minimum Gasteiger partial charge on any atom is -0.390 e. The van der Waals surface area contributed by atoms with Crippen molar-refractivity contribution in [1.29, 1.82) is 0 Å². The lowest BCUT2D eigenvalue weighted by Crippen LogP contribution is -2.63. The molecule has 1 heterocycles. The Kier molecular flexibility index (Phi) is 5.76. The predicted molar refractivity (Wildman–Crippen MR) is 84.3 cm³/mol. The van der Waals surface area contributed by atoms with Crippen LogP contribution in [0, 0.1) is 0 Å². The first-order chi connectivity index (χ1) is 11.0. The van der Waals surface area contributed by atoms with Gasteiger partial charge in [-0.3, -0.25) is 0 Å². The van der Waals surface area contributed by atoms with Gasteiger partial charge in [-0.1, -0.05) is 41.5 Å². The van der Waals surface area contributed by atoms with Gasteiger partial charge in [-0.2, -0.15) is 0 Å². The van der Waals surface area contributed by atoms with Gasteiger partial charge in [-0.15, -0.1) is 6.58 Å². The van der Waals surface area contributed by atoms with E-state index in [1.54, 1.807) is 6.92 Å². The molecular weight excluding hydrogens is 298 g/mol. The quantitative estimate of drug-likeness (QED) is 0.363. The maximum atomic E-state index is 10.5. The van der Waals surface area contributed by atoms with Crippen LogP contribution in [0.25, 0.3) is 10.4 Å². The molecule has 0 unspecified atom stereocenters. The molecule has 1 aromatic carbocycles. The first kappa shape index (κ1) is 17.5. The fourth-order valence-corrected chi connectivity index (χ4v) is 2.77. The van der Waals surface area contributed by atoms with Crippen molar-refractivity contribution in [2.75, 3.05) is 0 Å². The summed E-state index contributed by atoms with van der Waals surface area (Å²) in [6.45, 7) is 5.52. The molecule has 2 N–H and O–H groups in total. The number of ether oxygens (including phenoxy) is 2. The number of hydrogen-bond donors (Lipinski definition) is 2. The van der Waals surface area contributed by atoms with Crippen LogP contribution in [-0.2, 0) is 16.1 Å². The second kappa shape index (κ2) is 7.59. The fourth-order valence-electron chi connectivity index (χ4n) is 2.77. The van der Waals surface area contributed by atoms with Crippen molar-refractivity contribution in [3.8, 4) is 0 Å². The molecule has 0 aliphatic carbocycles. The Hall–Kier alpha value is -1.89. The summed E-state index contributed by atoms with van der Waals surface area (Å²) in [5.41, 5.74) is 9.65. The van der Waals surface area contributed by atoms with Gasteiger partial charge in [-0.05, 0) is 18.0 Å². The minimum atomic E-state index is -1.79. The van der Waals surface area contributed by atoms with Crippen LogP contribution in [0.3, 0.4) is 0 Å². The zero-order valence-electron chi connectivity index (χ0n) is 12.9. The van der Waals surface area contributed by atoms with Crippen LogP contribution in [0.5, 0.6) is 0 Å². The van der Waals surface area contributed by atoms with Gasteiger partial charge in [0, 0.05) is 11.3 Å². The van der Waals surface area contributed by atoms with Gasteiger partial charge in [0.2, 0.25) is 0 Å². The Balaban J connectivity index is 2.15. The number of hydrogen-bond acceptors (Lipinski definition) is 5. The van der Waals surface area contributed by atoms with Gasteiger partial charge in [-0.25, -0.2) is 0 Å². The maximum absolute atomic E-state index is 10.5. The first-order valence-electron chi connectivity index (χ1n) is 7.40. The number of rotatable bonds is 6. The van der Waals surface area contributed by atoms with E-state index in [2.05, 4.69) is 16.6 Å². The zero-order chi connectivity index (χ0) is 16.9. The highest BCUT2D eigenvalue weighted by atomic mass is 16.7. The van der Waals surface area contributed by atoms with Crippen LogP contribution < -0.4 is 0 Å². The highest BCUT2D eigenvalue weighted by molar-refractivity contribution is 5.13. The molecule has 2 rings (SSSR count). The van der Waals surface area contributed by atoms with Crippen molar-refractivity contribution in [2.24, 2.45) is 5.11 Å². The molecule has 124 valence electrons. The summed E-state index contributed by atoms with van der Waals surface area (Å²) in [6.07, 6.45) is -1.02. The summed E-state index contributed by atoms with van der Waals surface area (Å²) in [5, 5.41) is 24.5. The van der Waals surface area contributed by atoms with E-state index in [1.807, 2.05) is 30.3 Å². The molecule has 0 bridgehead atoms. The van der Waals surface area contributed by atoms with E-state index in [1.165, 1.54) is 6.08 Å². The minimum absolute atomic E-state index is 0.0312. The number of nitrogens with zero attached hydrogens (tertiary/aromatic N) is 3. The highest BCUT2D eigenvalue weighted by Gasteiger charge is 2.51. The number of aliphatic hydroxyl groups excluding tert-OH is 1. The van der Waals surface area contributed by atoms with Crippen LogP contribution in [0.4, 0.5) is 0 Å². The maximum Gasteiger partial charge on any atom is 0.180 e. The topological polar surface area (TPSA) is 108 Å². The smallest absolute Gasteiger partial charge is 0.180 e. The molecule has 0 amide bonds. The van der Waals surface area contributed by atoms with Crippen molar-refractivity contribution in [2.45, 2.75) is 50.1 Å². The molecule has 1 aliphatic rings. The van der Waals surface area contributed by atoms with Gasteiger partial charge in [0.15, 0.2) is 5.79 Å². The summed E-state index contributed by atoms with van der Waals surface area (Å²) in [7, 11) is 0. The summed E-state index contributed by atoms with van der Waals surface area (Å²) >= 11 is 0. The van der Waals surface area contributed by atoms with Crippen LogP contribution >= 0.6 is 0 Å². The monoisotopic (exact) mass is 319 g/mol. The third-order valence-corrected chi connectivity index (χ3v) is 3.87. The van der Waals surface area contributed by atoms with E-state index in [4.69, 9.17) is 15.0 Å². The Morgan fingerprint density at radius 2 is 2.17 bits per heavy atom. The number of benzene rings is 1. The molecule has 7 nitrogen and oxygen atoms in total. The molecule has 0 radical (unpaired) electrons. The summed E-state index contributed by atoms with van der Waals surface area (Å²) in [5.74, 6) is -1.79. The van der Waals surface area contributed by atoms with Crippen molar-refractivity contribution >= 4 is 0 Å². The van der Waals surface area contributed by atoms with Crippen molar-refractivity contribution in [3.63, 3.8) is 0 Å². The number of azide groups is 1. The van der Waals surface area contributed by atoms with Crippen LogP contribution in [0.1, 0.15) is 18.9 Å². The van der Waals surface area contributed by atoms with E-state index in [0.717, 1.165) is 5.56 Å². The lowest BCUT2D eigenvalue weighted by Gasteiger charge is -2.46. The van der Waals surface area contributed by atoms with E-state index >= 15 is 0 Å². The SMILES string of the molecule is C=CC[C@]1(O)O[C@@H](C)[C@@H](OCc2ccccc2)[C@@H](O)[C@@H]1N=[N+]=[N-]. The standard InChI is InChI=1S/C16H21N3O4/c1-3-9-16(21)15(18-19-17)13(20)14(11(2)23-16)22-10-12-7-5-4-6-8-12/h3-8,11,13-15,20-21H,1,9-10H2,2H3/t11-,13+,14+,15-,16-/m0/s1. The van der Waals surface area contributed by atoms with E-state index in [-0.39, 0.29) is 13.0 Å². The Morgan fingerprint density at radius 3 is 2.78 bits per heavy atom. The third kappa shape index (κ3) is 3.90. The molecule has 1 fully saturated rings. The van der Waals surface area contributed by atoms with Gasteiger partial charge in [0.1, 0.15) is 12.1 Å². The molecule has 0 spiro atoms. The summed E-state index contributed by atoms with van der Waals surface area (Å²) in [4.78, 5) is 2.70. The number of aliphatic hydroxyl groups is 2. The Labute approximate surface area is 134 Å². The second-order valence-electron chi connectivity index (χ2n) is 5.56. The fraction of sp³-hybridized carbons (Fsp3) is 0.500. The average Bonchev–Trinajstić information content (AvgIpc) is 2.52. The average molecular weight is 319 g/mol. The summed E-state index contributed by atoms with van der Waals surface area (Å²) < 4.78 is 11.3. The first-order valence-corrected chi connectivity index (χ1v) is 7.40. The van der Waals surface area contributed by atoms with E-state index < -0.39 is 30.1 Å². The Bertz CT molecular complexity index is 576. The van der Waals surface area contributed by atoms with Gasteiger partial charge >= 0.3 is 0 Å². The van der Waals surface area contributed by atoms with Crippen molar-refractivity contribution < 1.29 is 19.7 Å². The van der Waals surface area contributed by atoms with Gasteiger partial charge in [0.25, 0.3) is 0 Å². The van der Waals surface area contributed by atoms with Crippen molar-refractivity contribution in [1.82, 2.24) is 0 Å². The third-order valence-electron chi connectivity index (χ3n) is 3.87. The largest absolute Gasteiger partial charge is 0.390 e. The molecule has 7 heteroatoms. The molecule has 5 atom stereocenters. The molecule has 1 saturated heterocycles.